The van der Waals surface area contributed by atoms with Crippen LogP contribution >= 0.6 is 23.4 Å². The first-order valence-electron chi connectivity index (χ1n) is 5.10. The Balaban J connectivity index is 2.09. The lowest BCUT2D eigenvalue weighted by Gasteiger charge is -2.02. The van der Waals surface area contributed by atoms with E-state index < -0.39 is 5.97 Å². The third kappa shape index (κ3) is 2.86. The van der Waals surface area contributed by atoms with Crippen LogP contribution in [0, 0.1) is 0 Å². The molecule has 4 nitrogen and oxygen atoms in total. The predicted octanol–water partition coefficient (Wildman–Crippen LogP) is 3.41. The molecule has 0 radical (unpaired) electrons. The van der Waals surface area contributed by atoms with Crippen molar-refractivity contribution in [1.29, 1.82) is 0 Å². The Morgan fingerprint density at radius 2 is 2.39 bits per heavy atom. The van der Waals surface area contributed by atoms with Crippen LogP contribution in [0.4, 0.5) is 0 Å². The third-order valence-corrected chi connectivity index (χ3v) is 3.68. The number of rotatable bonds is 4. The number of carbonyl (C=O) groups excluding carboxylic acids is 1. The molecule has 0 aliphatic carbocycles. The van der Waals surface area contributed by atoms with Gasteiger partial charge >= 0.3 is 5.97 Å². The molecule has 0 aromatic carbocycles. The largest absolute Gasteiger partial charge is 0.463 e. The van der Waals surface area contributed by atoms with Crippen molar-refractivity contribution in [1.82, 2.24) is 4.98 Å². The molecule has 2 aromatic heterocycles. The summed E-state index contributed by atoms with van der Waals surface area (Å²) in [5, 5.41) is 1.31. The van der Waals surface area contributed by atoms with Gasteiger partial charge in [-0.2, -0.15) is 0 Å². The maximum atomic E-state index is 11.4. The van der Waals surface area contributed by atoms with Gasteiger partial charge in [0.05, 0.1) is 18.4 Å². The number of furan rings is 1. The van der Waals surface area contributed by atoms with Gasteiger partial charge in [0.1, 0.15) is 5.03 Å². The number of pyridine rings is 1. The van der Waals surface area contributed by atoms with E-state index in [1.165, 1.54) is 25.1 Å². The predicted molar refractivity (Wildman–Crippen MR) is 68.9 cm³/mol. The molecular weight excluding hydrogens is 274 g/mol. The Labute approximate surface area is 113 Å². The summed E-state index contributed by atoms with van der Waals surface area (Å²) in [4.78, 5) is 15.6. The van der Waals surface area contributed by atoms with Crippen LogP contribution in [0.3, 0.4) is 0 Å². The normalized spacial score (nSPS) is 10.3. The molecule has 0 saturated heterocycles. The molecule has 0 aliphatic heterocycles. The van der Waals surface area contributed by atoms with E-state index in [1.54, 1.807) is 24.4 Å². The first-order valence-corrected chi connectivity index (χ1v) is 6.46. The minimum atomic E-state index is -0.484. The minimum Gasteiger partial charge on any atom is -0.463 e. The lowest BCUT2D eigenvalue weighted by atomic mass is 10.3. The highest BCUT2D eigenvalue weighted by Gasteiger charge is 2.16. The van der Waals surface area contributed by atoms with E-state index in [1.807, 2.05) is 0 Å². The van der Waals surface area contributed by atoms with E-state index in [-0.39, 0.29) is 5.76 Å². The average Bonchev–Trinajstić information content (AvgIpc) is 2.85. The van der Waals surface area contributed by atoms with Crippen molar-refractivity contribution in [3.63, 3.8) is 0 Å². The van der Waals surface area contributed by atoms with Crippen molar-refractivity contribution in [2.75, 3.05) is 7.11 Å². The lowest BCUT2D eigenvalue weighted by molar-refractivity contribution is 0.0564. The zero-order valence-corrected chi connectivity index (χ0v) is 11.1. The first-order chi connectivity index (χ1) is 8.72. The summed E-state index contributed by atoms with van der Waals surface area (Å²) in [6.45, 7) is 0. The molecule has 2 rings (SSSR count). The van der Waals surface area contributed by atoms with Crippen molar-refractivity contribution < 1.29 is 13.9 Å². The summed E-state index contributed by atoms with van der Waals surface area (Å²) >= 11 is 7.43. The summed E-state index contributed by atoms with van der Waals surface area (Å²) in [5.74, 6) is 0.275. The minimum absolute atomic E-state index is 0.219. The Morgan fingerprint density at radius 1 is 1.56 bits per heavy atom. The quantitative estimate of drug-likeness (QED) is 0.636. The molecule has 0 N–H and O–H groups in total. The smallest absolute Gasteiger partial charge is 0.374 e. The molecule has 0 aliphatic rings. The molecule has 0 amide bonds. The van der Waals surface area contributed by atoms with Crippen molar-refractivity contribution in [3.8, 4) is 0 Å². The second-order valence-corrected chi connectivity index (χ2v) is 4.72. The van der Waals surface area contributed by atoms with Gasteiger partial charge < -0.3 is 9.15 Å². The van der Waals surface area contributed by atoms with E-state index in [4.69, 9.17) is 16.0 Å². The number of esters is 1. The fourth-order valence-electron chi connectivity index (χ4n) is 1.34. The van der Waals surface area contributed by atoms with Gasteiger partial charge in [-0.1, -0.05) is 11.6 Å². The Kier molecular flexibility index (Phi) is 4.28. The number of halogens is 1. The van der Waals surface area contributed by atoms with Gasteiger partial charge in [-0.3, -0.25) is 0 Å². The molecule has 0 spiro atoms. The zero-order valence-electron chi connectivity index (χ0n) is 9.55. The number of hydrogen-bond acceptors (Lipinski definition) is 5. The fraction of sp³-hybridized carbons (Fsp3) is 0.167. The number of thioether (sulfide) groups is 1. The molecule has 0 saturated carbocycles. The maximum absolute atomic E-state index is 11.4. The number of nitrogens with zero attached hydrogens (tertiary/aromatic N) is 1. The fourth-order valence-corrected chi connectivity index (χ4v) is 2.49. The van der Waals surface area contributed by atoms with Crippen molar-refractivity contribution >= 4 is 29.3 Å². The standard InChI is InChI=1S/C12H10ClNO3S/c1-16-12(15)10-8(4-6-17-10)7-18-11-9(13)3-2-5-14-11/h2-6H,7H2,1H3. The average molecular weight is 284 g/mol. The topological polar surface area (TPSA) is 52.3 Å². The Morgan fingerprint density at radius 3 is 3.11 bits per heavy atom. The number of carbonyl (C=O) groups is 1. The maximum Gasteiger partial charge on any atom is 0.374 e. The van der Waals surface area contributed by atoms with Crippen molar-refractivity contribution in [2.24, 2.45) is 0 Å². The molecule has 18 heavy (non-hydrogen) atoms. The van der Waals surface area contributed by atoms with Crippen LogP contribution in [0.25, 0.3) is 0 Å². The monoisotopic (exact) mass is 283 g/mol. The number of methoxy groups -OCH3 is 1. The van der Waals surface area contributed by atoms with Crippen molar-refractivity contribution in [2.45, 2.75) is 10.8 Å². The summed E-state index contributed by atoms with van der Waals surface area (Å²) in [6, 6.07) is 5.27. The van der Waals surface area contributed by atoms with Gasteiger partial charge in [0.15, 0.2) is 0 Å². The van der Waals surface area contributed by atoms with E-state index in [2.05, 4.69) is 9.72 Å². The summed E-state index contributed by atoms with van der Waals surface area (Å²) in [7, 11) is 1.32. The molecule has 0 unspecified atom stereocenters. The van der Waals surface area contributed by atoms with Crippen LogP contribution in [0.5, 0.6) is 0 Å². The number of ether oxygens (including phenoxy) is 1. The van der Waals surface area contributed by atoms with E-state index >= 15 is 0 Å². The second-order valence-electron chi connectivity index (χ2n) is 3.35. The molecule has 2 heterocycles. The van der Waals surface area contributed by atoms with Gasteiger partial charge in [0.25, 0.3) is 0 Å². The van der Waals surface area contributed by atoms with Crippen LogP contribution in [-0.4, -0.2) is 18.1 Å². The van der Waals surface area contributed by atoms with Crippen LogP contribution in [-0.2, 0) is 10.5 Å². The summed E-state index contributed by atoms with van der Waals surface area (Å²) in [5.41, 5.74) is 0.758. The molecule has 2 aromatic rings. The summed E-state index contributed by atoms with van der Waals surface area (Å²) in [6.07, 6.45) is 3.13. The highest BCUT2D eigenvalue weighted by molar-refractivity contribution is 7.98. The Bertz CT molecular complexity index is 556. The van der Waals surface area contributed by atoms with E-state index in [9.17, 15) is 4.79 Å². The molecule has 6 heteroatoms. The molecule has 94 valence electrons. The lowest BCUT2D eigenvalue weighted by Crippen LogP contribution is -2.02. The first kappa shape index (κ1) is 13.0. The van der Waals surface area contributed by atoms with E-state index in [0.717, 1.165) is 10.6 Å². The highest BCUT2D eigenvalue weighted by Crippen LogP contribution is 2.28. The van der Waals surface area contributed by atoms with Crippen LogP contribution < -0.4 is 0 Å². The van der Waals surface area contributed by atoms with Gasteiger partial charge in [-0.15, -0.1) is 11.8 Å². The van der Waals surface area contributed by atoms with Crippen molar-refractivity contribution in [3.05, 3.63) is 47.0 Å². The Hall–Kier alpha value is -1.46. The van der Waals surface area contributed by atoms with Crippen LogP contribution in [0.1, 0.15) is 16.1 Å². The highest BCUT2D eigenvalue weighted by atomic mass is 35.5. The van der Waals surface area contributed by atoms with Gasteiger partial charge in [0, 0.05) is 17.5 Å². The molecule has 0 bridgehead atoms. The SMILES string of the molecule is COC(=O)c1occc1CSc1ncccc1Cl. The number of aromatic nitrogens is 1. The summed E-state index contributed by atoms with van der Waals surface area (Å²) < 4.78 is 9.72. The van der Waals surface area contributed by atoms with Crippen LogP contribution in [0.15, 0.2) is 40.1 Å². The van der Waals surface area contributed by atoms with Crippen LogP contribution in [0.2, 0.25) is 5.02 Å². The van der Waals surface area contributed by atoms with Gasteiger partial charge in [-0.05, 0) is 18.2 Å². The van der Waals surface area contributed by atoms with E-state index in [0.29, 0.717) is 10.8 Å². The zero-order chi connectivity index (χ0) is 13.0. The second kappa shape index (κ2) is 5.93. The molecular formula is C12H10ClNO3S. The molecule has 0 atom stereocenters. The van der Waals surface area contributed by atoms with Gasteiger partial charge in [0.2, 0.25) is 5.76 Å². The number of hydrogen-bond donors (Lipinski definition) is 0. The van der Waals surface area contributed by atoms with Gasteiger partial charge in [-0.25, -0.2) is 9.78 Å². The molecule has 0 fully saturated rings. The third-order valence-electron chi connectivity index (χ3n) is 2.21.